The second-order valence-corrected chi connectivity index (χ2v) is 9.10. The van der Waals surface area contributed by atoms with Gasteiger partial charge < -0.3 is 15.7 Å². The van der Waals surface area contributed by atoms with Gasteiger partial charge in [-0.1, -0.05) is 72.8 Å². The van der Waals surface area contributed by atoms with E-state index < -0.39 is 11.9 Å². The van der Waals surface area contributed by atoms with Crippen molar-refractivity contribution < 1.29 is 24.8 Å². The molecular formula is C33H26N2O5. The molecule has 0 saturated carbocycles. The molecule has 0 fully saturated rings. The van der Waals surface area contributed by atoms with Gasteiger partial charge in [0.25, 0.3) is 5.91 Å². The molecule has 0 aliphatic carbocycles. The fourth-order valence-electron chi connectivity index (χ4n) is 4.43. The van der Waals surface area contributed by atoms with Gasteiger partial charge in [0.2, 0.25) is 0 Å². The summed E-state index contributed by atoms with van der Waals surface area (Å²) in [6.07, 6.45) is 0. The molecule has 0 bridgehead atoms. The van der Waals surface area contributed by atoms with E-state index in [0.29, 0.717) is 11.3 Å². The maximum Gasteiger partial charge on any atom is 0.336 e. The molecule has 0 aliphatic rings. The van der Waals surface area contributed by atoms with Gasteiger partial charge >= 0.3 is 5.97 Å². The van der Waals surface area contributed by atoms with E-state index in [1.807, 2.05) is 78.9 Å². The Morgan fingerprint density at radius 2 is 1.20 bits per heavy atom. The van der Waals surface area contributed by atoms with E-state index in [2.05, 4.69) is 15.5 Å². The highest BCUT2D eigenvalue weighted by Crippen LogP contribution is 2.29. The van der Waals surface area contributed by atoms with E-state index >= 15 is 0 Å². The summed E-state index contributed by atoms with van der Waals surface area (Å²) in [6.45, 7) is 0.00607. The number of carbonyl (C=O) groups excluding carboxylic acids is 1. The third kappa shape index (κ3) is 6.07. The van der Waals surface area contributed by atoms with Crippen molar-refractivity contribution in [2.75, 3.05) is 10.6 Å². The van der Waals surface area contributed by atoms with E-state index in [4.69, 9.17) is 5.26 Å². The van der Waals surface area contributed by atoms with Crippen molar-refractivity contribution in [3.63, 3.8) is 0 Å². The molecule has 0 spiro atoms. The predicted octanol–water partition coefficient (Wildman–Crippen LogP) is 7.70. The smallest absolute Gasteiger partial charge is 0.336 e. The summed E-state index contributed by atoms with van der Waals surface area (Å²) >= 11 is 0. The predicted molar refractivity (Wildman–Crippen MR) is 156 cm³/mol. The minimum absolute atomic E-state index is 0.00607. The molecular weight excluding hydrogens is 504 g/mol. The van der Waals surface area contributed by atoms with Crippen molar-refractivity contribution >= 4 is 28.9 Å². The quantitative estimate of drug-likeness (QED) is 0.115. The fraction of sp³-hybridized carbons (Fsp3) is 0.0303. The third-order valence-corrected chi connectivity index (χ3v) is 6.46. The van der Waals surface area contributed by atoms with E-state index in [1.54, 1.807) is 30.3 Å². The highest BCUT2D eigenvalue weighted by Gasteiger charge is 2.18. The van der Waals surface area contributed by atoms with Crippen LogP contribution in [0.1, 0.15) is 26.3 Å². The van der Waals surface area contributed by atoms with E-state index in [1.165, 1.54) is 12.1 Å². The van der Waals surface area contributed by atoms with Gasteiger partial charge in [-0.3, -0.25) is 10.1 Å². The Morgan fingerprint density at radius 3 is 1.80 bits per heavy atom. The zero-order valence-corrected chi connectivity index (χ0v) is 21.4. The van der Waals surface area contributed by atoms with Crippen LogP contribution in [0.4, 0.5) is 17.1 Å². The van der Waals surface area contributed by atoms with Crippen molar-refractivity contribution in [2.24, 2.45) is 0 Å². The van der Waals surface area contributed by atoms with Gasteiger partial charge in [-0.2, -0.15) is 0 Å². The van der Waals surface area contributed by atoms with E-state index in [0.717, 1.165) is 33.6 Å². The molecule has 0 saturated heterocycles. The Bertz CT molecular complexity index is 1640. The summed E-state index contributed by atoms with van der Waals surface area (Å²) < 4.78 is 0. The number of nitrogens with one attached hydrogen (secondary N) is 2. The van der Waals surface area contributed by atoms with Crippen molar-refractivity contribution in [1.29, 1.82) is 0 Å². The molecule has 40 heavy (non-hydrogen) atoms. The Labute approximate surface area is 231 Å². The number of hydrogen-bond acceptors (Lipinski definition) is 5. The van der Waals surface area contributed by atoms with Gasteiger partial charge in [0.05, 0.1) is 11.1 Å². The van der Waals surface area contributed by atoms with Crippen LogP contribution in [0.25, 0.3) is 22.3 Å². The zero-order chi connectivity index (χ0) is 27.9. The number of carboxylic acid groups (broad SMARTS) is 1. The van der Waals surface area contributed by atoms with Crippen molar-refractivity contribution in [3.05, 3.63) is 138 Å². The van der Waals surface area contributed by atoms with Crippen LogP contribution in [-0.2, 0) is 11.5 Å². The summed E-state index contributed by atoms with van der Waals surface area (Å²) in [7, 11) is 0. The molecule has 5 aromatic rings. The maximum atomic E-state index is 13.0. The lowest BCUT2D eigenvalue weighted by molar-refractivity contribution is -0.252. The Kier molecular flexibility index (Phi) is 7.97. The SMILES string of the molecule is O=C(O)c1cc(-c2ccccc2)ccc1C(=O)Nc1ccc(Nc2ccc(-c3ccccc3)cc2COO)cc1. The van der Waals surface area contributed by atoms with Gasteiger partial charge in [-0.25, -0.2) is 9.68 Å². The highest BCUT2D eigenvalue weighted by molar-refractivity contribution is 6.11. The monoisotopic (exact) mass is 530 g/mol. The maximum absolute atomic E-state index is 13.0. The lowest BCUT2D eigenvalue weighted by Crippen LogP contribution is -2.16. The Hall–Kier alpha value is -5.24. The molecule has 7 nitrogen and oxygen atoms in total. The van der Waals surface area contributed by atoms with Gasteiger partial charge in [-0.15, -0.1) is 0 Å². The van der Waals surface area contributed by atoms with Crippen molar-refractivity contribution in [2.45, 2.75) is 6.61 Å². The lowest BCUT2D eigenvalue weighted by Gasteiger charge is -2.14. The molecule has 0 atom stereocenters. The van der Waals surface area contributed by atoms with Crippen LogP contribution in [0, 0.1) is 0 Å². The molecule has 1 amide bonds. The third-order valence-electron chi connectivity index (χ3n) is 6.46. The lowest BCUT2D eigenvalue weighted by atomic mass is 9.98. The van der Waals surface area contributed by atoms with Crippen molar-refractivity contribution in [1.82, 2.24) is 0 Å². The van der Waals surface area contributed by atoms with Gasteiger partial charge in [0.15, 0.2) is 0 Å². The molecule has 7 heteroatoms. The fourth-order valence-corrected chi connectivity index (χ4v) is 4.43. The molecule has 0 unspecified atom stereocenters. The van der Waals surface area contributed by atoms with Gasteiger partial charge in [0, 0.05) is 22.6 Å². The second-order valence-electron chi connectivity index (χ2n) is 9.10. The van der Waals surface area contributed by atoms with Crippen LogP contribution in [0.15, 0.2) is 121 Å². The highest BCUT2D eigenvalue weighted by atomic mass is 17.1. The van der Waals surface area contributed by atoms with Crippen molar-refractivity contribution in [3.8, 4) is 22.3 Å². The summed E-state index contributed by atoms with van der Waals surface area (Å²) in [4.78, 5) is 29.4. The van der Waals surface area contributed by atoms with Crippen LogP contribution in [0.5, 0.6) is 0 Å². The molecule has 0 radical (unpaired) electrons. The molecule has 5 aromatic carbocycles. The molecule has 0 aliphatic heterocycles. The standard InChI is InChI=1S/C33H26N2O5/c36-32(29-17-11-25(20-30(29)33(37)38)23-9-5-2-6-10-23)35-28-15-13-27(14-16-28)34-31-18-12-24(19-26(31)21-40-39)22-7-3-1-4-8-22/h1-20,34,39H,21H2,(H,35,36)(H,37,38). The Morgan fingerprint density at radius 1 is 0.625 bits per heavy atom. The number of carbonyl (C=O) groups is 2. The molecule has 5 rings (SSSR count). The summed E-state index contributed by atoms with van der Waals surface area (Å²) in [6, 6.07) is 36.9. The first-order chi connectivity index (χ1) is 19.5. The number of benzene rings is 5. The zero-order valence-electron chi connectivity index (χ0n) is 21.4. The number of aromatic carboxylic acids is 1. The van der Waals surface area contributed by atoms with E-state index in [9.17, 15) is 14.7 Å². The number of carboxylic acids is 1. The average Bonchev–Trinajstić information content (AvgIpc) is 2.99. The average molecular weight is 531 g/mol. The summed E-state index contributed by atoms with van der Waals surface area (Å²) in [5.41, 5.74) is 6.41. The van der Waals surface area contributed by atoms with Crippen LogP contribution >= 0.6 is 0 Å². The minimum atomic E-state index is -1.18. The second kappa shape index (κ2) is 12.1. The first-order valence-electron chi connectivity index (χ1n) is 12.6. The number of anilines is 3. The van der Waals surface area contributed by atoms with Crippen LogP contribution in [0.2, 0.25) is 0 Å². The first kappa shape index (κ1) is 26.4. The molecule has 4 N–H and O–H groups in total. The van der Waals surface area contributed by atoms with Crippen LogP contribution in [-0.4, -0.2) is 22.2 Å². The number of rotatable bonds is 9. The largest absolute Gasteiger partial charge is 0.478 e. The number of amides is 1. The first-order valence-corrected chi connectivity index (χ1v) is 12.6. The van der Waals surface area contributed by atoms with Crippen LogP contribution in [0.3, 0.4) is 0 Å². The topological polar surface area (TPSA) is 108 Å². The molecule has 0 aromatic heterocycles. The number of hydrogen-bond donors (Lipinski definition) is 4. The normalized spacial score (nSPS) is 10.6. The minimum Gasteiger partial charge on any atom is -0.478 e. The summed E-state index contributed by atoms with van der Waals surface area (Å²) in [5, 5.41) is 25.0. The van der Waals surface area contributed by atoms with Crippen LogP contribution < -0.4 is 10.6 Å². The van der Waals surface area contributed by atoms with Gasteiger partial charge in [-0.05, 0) is 70.8 Å². The van der Waals surface area contributed by atoms with Gasteiger partial charge in [0.1, 0.15) is 6.61 Å². The van der Waals surface area contributed by atoms with E-state index in [-0.39, 0.29) is 17.7 Å². The Balaban J connectivity index is 1.31. The molecule has 0 heterocycles. The summed E-state index contributed by atoms with van der Waals surface area (Å²) in [5.74, 6) is -1.69. The molecule has 198 valence electrons.